The quantitative estimate of drug-likeness (QED) is 0.550. The van der Waals surface area contributed by atoms with Crippen molar-refractivity contribution in [2.24, 2.45) is 0 Å². The van der Waals surface area contributed by atoms with Gasteiger partial charge in [-0.3, -0.25) is 9.78 Å². The zero-order chi connectivity index (χ0) is 20.5. The molecule has 3 aromatic rings. The molecule has 3 rings (SSSR count). The van der Waals surface area contributed by atoms with Crippen LogP contribution in [0.1, 0.15) is 25.0 Å². The Morgan fingerprint density at radius 3 is 2.66 bits per heavy atom. The van der Waals surface area contributed by atoms with Crippen molar-refractivity contribution in [3.63, 3.8) is 0 Å². The number of rotatable bonds is 9. The van der Waals surface area contributed by atoms with Crippen LogP contribution in [-0.2, 0) is 11.2 Å². The summed E-state index contributed by atoms with van der Waals surface area (Å²) in [7, 11) is 0. The van der Waals surface area contributed by atoms with Gasteiger partial charge in [0.25, 0.3) is 0 Å². The summed E-state index contributed by atoms with van der Waals surface area (Å²) >= 11 is 0. The predicted molar refractivity (Wildman–Crippen MR) is 116 cm³/mol. The third-order valence-electron chi connectivity index (χ3n) is 4.40. The summed E-state index contributed by atoms with van der Waals surface area (Å²) in [6, 6.07) is 15.7. The maximum absolute atomic E-state index is 12.2. The Bertz CT molecular complexity index is 993. The Balaban J connectivity index is 1.57. The molecule has 0 aliphatic rings. The van der Waals surface area contributed by atoms with Crippen LogP contribution >= 0.6 is 0 Å². The predicted octanol–water partition coefficient (Wildman–Crippen LogP) is 4.40. The van der Waals surface area contributed by atoms with E-state index in [0.717, 1.165) is 28.5 Å². The fraction of sp³-hybridized carbons (Fsp3) is 0.250. The number of aromatic nitrogens is 1. The number of nitrogens with one attached hydrogen (secondary N) is 1. The summed E-state index contributed by atoms with van der Waals surface area (Å²) in [5.74, 6) is 1.25. The topological polar surface area (TPSA) is 60.5 Å². The molecule has 0 radical (unpaired) electrons. The smallest absolute Gasteiger partial charge is 0.244 e. The van der Waals surface area contributed by atoms with Gasteiger partial charge in [-0.1, -0.05) is 30.3 Å². The number of nitrogens with zero attached hydrogens (tertiary/aromatic N) is 1. The molecule has 1 N–H and O–H groups in total. The molecule has 0 spiro atoms. The molecule has 29 heavy (non-hydrogen) atoms. The lowest BCUT2D eigenvalue weighted by Crippen LogP contribution is -2.23. The van der Waals surface area contributed by atoms with E-state index in [9.17, 15) is 4.79 Å². The van der Waals surface area contributed by atoms with Gasteiger partial charge in [0.15, 0.2) is 11.5 Å². The Hall–Kier alpha value is -3.34. The van der Waals surface area contributed by atoms with Gasteiger partial charge in [0, 0.05) is 24.2 Å². The highest BCUT2D eigenvalue weighted by molar-refractivity contribution is 5.91. The maximum Gasteiger partial charge on any atom is 0.244 e. The van der Waals surface area contributed by atoms with E-state index in [-0.39, 0.29) is 5.91 Å². The Labute approximate surface area is 171 Å². The molecule has 150 valence electrons. The highest BCUT2D eigenvalue weighted by Gasteiger charge is 2.06. The zero-order valence-corrected chi connectivity index (χ0v) is 16.9. The monoisotopic (exact) mass is 390 g/mol. The molecular weight excluding hydrogens is 364 g/mol. The maximum atomic E-state index is 12.2. The minimum atomic E-state index is -0.134. The van der Waals surface area contributed by atoms with Crippen molar-refractivity contribution in [2.45, 2.75) is 20.3 Å². The number of amides is 1. The summed E-state index contributed by atoms with van der Waals surface area (Å²) < 4.78 is 11.2. The first-order valence-electron chi connectivity index (χ1n) is 9.89. The molecule has 5 heteroatoms. The van der Waals surface area contributed by atoms with Gasteiger partial charge in [-0.05, 0) is 55.7 Å². The normalized spacial score (nSPS) is 11.0. The van der Waals surface area contributed by atoms with Crippen LogP contribution in [0.25, 0.3) is 17.0 Å². The summed E-state index contributed by atoms with van der Waals surface area (Å²) in [5.41, 5.74) is 2.99. The fourth-order valence-corrected chi connectivity index (χ4v) is 3.09. The van der Waals surface area contributed by atoms with E-state index in [0.29, 0.717) is 31.3 Å². The van der Waals surface area contributed by atoms with Gasteiger partial charge in [-0.25, -0.2) is 0 Å². The van der Waals surface area contributed by atoms with Crippen molar-refractivity contribution in [1.82, 2.24) is 10.3 Å². The Kier molecular flexibility index (Phi) is 7.22. The Morgan fingerprint density at radius 1 is 1.03 bits per heavy atom. The molecule has 0 aliphatic heterocycles. The highest BCUT2D eigenvalue weighted by atomic mass is 16.5. The SMILES string of the molecule is CCOc1ccc(/C=C/C(=O)NCCc2cccc3cccnc23)cc1OCC. The van der Waals surface area contributed by atoms with Gasteiger partial charge >= 0.3 is 0 Å². The standard InChI is InChI=1S/C24H26N2O3/c1-3-28-21-12-10-18(17-22(21)29-4-2)11-13-23(27)25-16-14-20-8-5-7-19-9-6-15-26-24(19)20/h5-13,15,17H,3-4,14,16H2,1-2H3,(H,25,27)/b13-11+. The molecule has 0 bridgehead atoms. The van der Waals surface area contributed by atoms with E-state index in [1.54, 1.807) is 12.3 Å². The van der Waals surface area contributed by atoms with Crippen LogP contribution in [0, 0.1) is 0 Å². The van der Waals surface area contributed by atoms with Crippen molar-refractivity contribution >= 4 is 22.9 Å². The van der Waals surface area contributed by atoms with Crippen molar-refractivity contribution in [3.05, 3.63) is 71.9 Å². The van der Waals surface area contributed by atoms with Gasteiger partial charge in [-0.2, -0.15) is 0 Å². The number of ether oxygens (including phenoxy) is 2. The fourth-order valence-electron chi connectivity index (χ4n) is 3.09. The van der Waals surface area contributed by atoms with Crippen LogP contribution in [0.3, 0.4) is 0 Å². The molecule has 0 aliphatic carbocycles. The van der Waals surface area contributed by atoms with Gasteiger partial charge in [0.2, 0.25) is 5.91 Å². The summed E-state index contributed by atoms with van der Waals surface area (Å²) in [6.07, 6.45) is 5.83. The molecule has 1 amide bonds. The van der Waals surface area contributed by atoms with Crippen LogP contribution in [0.5, 0.6) is 11.5 Å². The van der Waals surface area contributed by atoms with Gasteiger partial charge in [0.05, 0.1) is 18.7 Å². The van der Waals surface area contributed by atoms with Crippen molar-refractivity contribution in [1.29, 1.82) is 0 Å². The van der Waals surface area contributed by atoms with Crippen LogP contribution in [0.4, 0.5) is 0 Å². The highest BCUT2D eigenvalue weighted by Crippen LogP contribution is 2.29. The second-order valence-corrected chi connectivity index (χ2v) is 6.44. The van der Waals surface area contributed by atoms with E-state index in [2.05, 4.69) is 10.3 Å². The number of para-hydroxylation sites is 1. The van der Waals surface area contributed by atoms with Crippen LogP contribution in [0.15, 0.2) is 60.8 Å². The van der Waals surface area contributed by atoms with Crippen LogP contribution in [-0.4, -0.2) is 30.6 Å². The van der Waals surface area contributed by atoms with E-state index in [1.807, 2.05) is 62.4 Å². The van der Waals surface area contributed by atoms with Gasteiger partial charge in [0.1, 0.15) is 0 Å². The van der Waals surface area contributed by atoms with Gasteiger partial charge in [-0.15, -0.1) is 0 Å². The largest absolute Gasteiger partial charge is 0.490 e. The number of benzene rings is 2. The first kappa shape index (κ1) is 20.4. The second-order valence-electron chi connectivity index (χ2n) is 6.44. The minimum absolute atomic E-state index is 0.134. The number of carbonyl (C=O) groups excluding carboxylic acids is 1. The van der Waals surface area contributed by atoms with E-state index >= 15 is 0 Å². The number of hydrogen-bond acceptors (Lipinski definition) is 4. The summed E-state index contributed by atoms with van der Waals surface area (Å²) in [5, 5.41) is 4.04. The molecule has 1 aromatic heterocycles. The first-order valence-corrected chi connectivity index (χ1v) is 9.89. The first-order chi connectivity index (χ1) is 14.2. The lowest BCUT2D eigenvalue weighted by molar-refractivity contribution is -0.116. The summed E-state index contributed by atoms with van der Waals surface area (Å²) in [4.78, 5) is 16.6. The average molecular weight is 390 g/mol. The molecule has 2 aromatic carbocycles. The molecule has 1 heterocycles. The zero-order valence-electron chi connectivity index (χ0n) is 16.9. The molecule has 0 saturated carbocycles. The molecule has 0 fully saturated rings. The molecule has 0 unspecified atom stereocenters. The molecule has 0 saturated heterocycles. The number of carbonyl (C=O) groups is 1. The number of pyridine rings is 1. The molecule has 0 atom stereocenters. The van der Waals surface area contributed by atoms with Crippen LogP contribution < -0.4 is 14.8 Å². The van der Waals surface area contributed by atoms with Crippen molar-refractivity contribution in [3.8, 4) is 11.5 Å². The number of hydrogen-bond donors (Lipinski definition) is 1. The average Bonchev–Trinajstić information content (AvgIpc) is 2.74. The van der Waals surface area contributed by atoms with E-state index < -0.39 is 0 Å². The van der Waals surface area contributed by atoms with Crippen molar-refractivity contribution in [2.75, 3.05) is 19.8 Å². The minimum Gasteiger partial charge on any atom is -0.490 e. The Morgan fingerprint density at radius 2 is 1.83 bits per heavy atom. The van der Waals surface area contributed by atoms with E-state index in [1.165, 1.54) is 6.08 Å². The molecular formula is C24H26N2O3. The van der Waals surface area contributed by atoms with Crippen LogP contribution in [0.2, 0.25) is 0 Å². The molecule has 5 nitrogen and oxygen atoms in total. The van der Waals surface area contributed by atoms with E-state index in [4.69, 9.17) is 9.47 Å². The lowest BCUT2D eigenvalue weighted by Gasteiger charge is -2.11. The van der Waals surface area contributed by atoms with Crippen molar-refractivity contribution < 1.29 is 14.3 Å². The second kappa shape index (κ2) is 10.3. The van der Waals surface area contributed by atoms with Gasteiger partial charge < -0.3 is 14.8 Å². The summed E-state index contributed by atoms with van der Waals surface area (Å²) in [6.45, 7) is 5.53. The third kappa shape index (κ3) is 5.57. The lowest BCUT2D eigenvalue weighted by atomic mass is 10.1. The number of fused-ring (bicyclic) bond motifs is 1. The third-order valence-corrected chi connectivity index (χ3v) is 4.40.